The smallest absolute Gasteiger partial charge is 0.0409 e. The average molecular weight is 226 g/mol. The number of hydrogen-bond donors (Lipinski definition) is 1. The van der Waals surface area contributed by atoms with Crippen LogP contribution in [0.25, 0.3) is 0 Å². The molecule has 0 aliphatic rings. The molecule has 0 fully saturated rings. The maximum absolute atomic E-state index is 6.02. The van der Waals surface area contributed by atoms with Gasteiger partial charge >= 0.3 is 0 Å². The lowest BCUT2D eigenvalue weighted by Crippen LogP contribution is -2.22. The summed E-state index contributed by atoms with van der Waals surface area (Å²) >= 11 is 6.02. The summed E-state index contributed by atoms with van der Waals surface area (Å²) in [5, 5.41) is 4.37. The predicted molar refractivity (Wildman–Crippen MR) is 67.5 cm³/mol. The molecule has 0 aliphatic carbocycles. The molecule has 0 radical (unpaired) electrons. The molecule has 0 aliphatic heterocycles. The third-order valence-corrected chi connectivity index (χ3v) is 2.90. The van der Waals surface area contributed by atoms with Crippen molar-refractivity contribution in [2.75, 3.05) is 6.54 Å². The van der Waals surface area contributed by atoms with Crippen LogP contribution in [0, 0.1) is 6.92 Å². The van der Waals surface area contributed by atoms with Crippen LogP contribution >= 0.6 is 11.6 Å². The Labute approximate surface area is 97.8 Å². The van der Waals surface area contributed by atoms with Gasteiger partial charge in [-0.25, -0.2) is 0 Å². The van der Waals surface area contributed by atoms with Gasteiger partial charge in [0.25, 0.3) is 0 Å². The van der Waals surface area contributed by atoms with Crippen LogP contribution in [0.3, 0.4) is 0 Å². The molecular formula is C13H20ClN. The Morgan fingerprint density at radius 2 is 2.07 bits per heavy atom. The molecule has 1 atom stereocenters. The minimum absolute atomic E-state index is 0.434. The van der Waals surface area contributed by atoms with E-state index in [1.54, 1.807) is 0 Å². The van der Waals surface area contributed by atoms with Gasteiger partial charge < -0.3 is 5.32 Å². The fraction of sp³-hybridized carbons (Fsp3) is 0.538. The quantitative estimate of drug-likeness (QED) is 0.796. The van der Waals surface area contributed by atoms with E-state index in [1.165, 1.54) is 11.1 Å². The third kappa shape index (κ3) is 3.51. The zero-order chi connectivity index (χ0) is 11.3. The summed E-state index contributed by atoms with van der Waals surface area (Å²) in [5.41, 5.74) is 2.65. The lowest BCUT2D eigenvalue weighted by Gasteiger charge is -2.19. The van der Waals surface area contributed by atoms with Gasteiger partial charge in [-0.1, -0.05) is 31.5 Å². The highest BCUT2D eigenvalue weighted by atomic mass is 35.5. The van der Waals surface area contributed by atoms with Gasteiger partial charge in [-0.2, -0.15) is 0 Å². The summed E-state index contributed by atoms with van der Waals surface area (Å²) in [5.74, 6) is 0. The molecule has 0 saturated carbocycles. The number of hydrogen-bond acceptors (Lipinski definition) is 1. The fourth-order valence-corrected chi connectivity index (χ4v) is 1.96. The lowest BCUT2D eigenvalue weighted by atomic mass is 9.99. The largest absolute Gasteiger partial charge is 0.310 e. The summed E-state index contributed by atoms with van der Waals surface area (Å²) in [6, 6.07) is 6.55. The molecule has 0 bridgehead atoms. The summed E-state index contributed by atoms with van der Waals surface area (Å²) in [7, 11) is 0. The van der Waals surface area contributed by atoms with Crippen LogP contribution in [-0.2, 0) is 0 Å². The van der Waals surface area contributed by atoms with E-state index in [0.29, 0.717) is 6.04 Å². The van der Waals surface area contributed by atoms with E-state index in [9.17, 15) is 0 Å². The summed E-state index contributed by atoms with van der Waals surface area (Å²) in [4.78, 5) is 0. The third-order valence-electron chi connectivity index (χ3n) is 2.67. The van der Waals surface area contributed by atoms with Gasteiger partial charge in [0.1, 0.15) is 0 Å². The molecule has 1 aromatic carbocycles. The number of aryl methyl sites for hydroxylation is 1. The van der Waals surface area contributed by atoms with Crippen molar-refractivity contribution in [3.8, 4) is 0 Å². The van der Waals surface area contributed by atoms with Gasteiger partial charge in [0, 0.05) is 11.1 Å². The molecule has 0 saturated heterocycles. The average Bonchev–Trinajstić information content (AvgIpc) is 2.24. The second-order valence-corrected chi connectivity index (χ2v) is 4.35. The molecule has 15 heavy (non-hydrogen) atoms. The van der Waals surface area contributed by atoms with Crippen molar-refractivity contribution in [2.45, 2.75) is 39.7 Å². The predicted octanol–water partition coefficient (Wildman–Crippen LogP) is 4.10. The summed E-state index contributed by atoms with van der Waals surface area (Å²) in [6.07, 6.45) is 2.26. The molecule has 0 aromatic heterocycles. The highest BCUT2D eigenvalue weighted by molar-refractivity contribution is 6.30. The number of nitrogens with one attached hydrogen (secondary N) is 1. The molecule has 1 unspecified atom stereocenters. The van der Waals surface area contributed by atoms with Crippen molar-refractivity contribution < 1.29 is 0 Å². The molecule has 1 N–H and O–H groups in total. The van der Waals surface area contributed by atoms with Crippen LogP contribution < -0.4 is 5.32 Å². The molecule has 84 valence electrons. The van der Waals surface area contributed by atoms with E-state index < -0.39 is 0 Å². The molecular weight excluding hydrogens is 206 g/mol. The first kappa shape index (κ1) is 12.5. The van der Waals surface area contributed by atoms with Gasteiger partial charge in [0.05, 0.1) is 0 Å². The summed E-state index contributed by atoms with van der Waals surface area (Å²) in [6.45, 7) is 7.59. The van der Waals surface area contributed by atoms with E-state index in [0.717, 1.165) is 24.4 Å². The molecule has 1 rings (SSSR count). The Balaban J connectivity index is 2.85. The van der Waals surface area contributed by atoms with E-state index in [4.69, 9.17) is 11.6 Å². The van der Waals surface area contributed by atoms with Gasteiger partial charge in [-0.3, -0.25) is 0 Å². The SMILES string of the molecule is CCCNC(CC)c1cc(Cl)ccc1C. The molecule has 1 aromatic rings. The van der Waals surface area contributed by atoms with Gasteiger partial charge in [-0.15, -0.1) is 0 Å². The van der Waals surface area contributed by atoms with E-state index in [-0.39, 0.29) is 0 Å². The van der Waals surface area contributed by atoms with Gasteiger partial charge in [0.15, 0.2) is 0 Å². The van der Waals surface area contributed by atoms with Crippen molar-refractivity contribution in [1.82, 2.24) is 5.32 Å². The van der Waals surface area contributed by atoms with Crippen molar-refractivity contribution in [2.24, 2.45) is 0 Å². The van der Waals surface area contributed by atoms with Crippen molar-refractivity contribution in [3.05, 3.63) is 34.3 Å². The zero-order valence-corrected chi connectivity index (χ0v) is 10.6. The Morgan fingerprint density at radius 3 is 2.67 bits per heavy atom. The topological polar surface area (TPSA) is 12.0 Å². The summed E-state index contributed by atoms with van der Waals surface area (Å²) < 4.78 is 0. The van der Waals surface area contributed by atoms with E-state index in [1.807, 2.05) is 6.07 Å². The monoisotopic (exact) mass is 225 g/mol. The normalized spacial score (nSPS) is 12.8. The van der Waals surface area contributed by atoms with Crippen molar-refractivity contribution in [1.29, 1.82) is 0 Å². The standard InChI is InChI=1S/C13H20ClN/c1-4-8-15-13(5-2)12-9-11(14)7-6-10(12)3/h6-7,9,13,15H,4-5,8H2,1-3H3. The first-order valence-electron chi connectivity index (χ1n) is 5.68. The lowest BCUT2D eigenvalue weighted by molar-refractivity contribution is 0.516. The zero-order valence-electron chi connectivity index (χ0n) is 9.81. The maximum atomic E-state index is 6.02. The van der Waals surface area contributed by atoms with E-state index >= 15 is 0 Å². The maximum Gasteiger partial charge on any atom is 0.0409 e. The first-order valence-corrected chi connectivity index (χ1v) is 6.06. The molecule has 2 heteroatoms. The fourth-order valence-electron chi connectivity index (χ4n) is 1.78. The van der Waals surface area contributed by atoms with Crippen LogP contribution in [0.2, 0.25) is 5.02 Å². The van der Waals surface area contributed by atoms with E-state index in [2.05, 4.69) is 38.2 Å². The molecule has 0 heterocycles. The Kier molecular flexibility index (Phi) is 5.13. The number of halogens is 1. The molecule has 0 amide bonds. The minimum atomic E-state index is 0.434. The Bertz CT molecular complexity index is 309. The van der Waals surface area contributed by atoms with Crippen LogP contribution in [-0.4, -0.2) is 6.54 Å². The van der Waals surface area contributed by atoms with Gasteiger partial charge in [0.2, 0.25) is 0 Å². The molecule has 1 nitrogen and oxygen atoms in total. The Morgan fingerprint density at radius 1 is 1.33 bits per heavy atom. The second-order valence-electron chi connectivity index (χ2n) is 3.92. The Hall–Kier alpha value is -0.530. The van der Waals surface area contributed by atoms with Gasteiger partial charge in [-0.05, 0) is 49.6 Å². The van der Waals surface area contributed by atoms with Crippen LogP contribution in [0.1, 0.15) is 43.9 Å². The van der Waals surface area contributed by atoms with Crippen molar-refractivity contribution in [3.63, 3.8) is 0 Å². The number of benzene rings is 1. The highest BCUT2D eigenvalue weighted by Gasteiger charge is 2.10. The molecule has 0 spiro atoms. The minimum Gasteiger partial charge on any atom is -0.310 e. The van der Waals surface area contributed by atoms with Crippen LogP contribution in [0.15, 0.2) is 18.2 Å². The van der Waals surface area contributed by atoms with Crippen LogP contribution in [0.5, 0.6) is 0 Å². The number of rotatable bonds is 5. The highest BCUT2D eigenvalue weighted by Crippen LogP contribution is 2.24. The first-order chi connectivity index (χ1) is 7.19. The van der Waals surface area contributed by atoms with Crippen LogP contribution in [0.4, 0.5) is 0 Å². The second kappa shape index (κ2) is 6.14. The van der Waals surface area contributed by atoms with Crippen molar-refractivity contribution >= 4 is 11.6 Å².